The van der Waals surface area contributed by atoms with E-state index in [0.29, 0.717) is 18.4 Å². The van der Waals surface area contributed by atoms with E-state index in [1.54, 1.807) is 31.4 Å². The molecule has 0 aromatic heterocycles. The first-order valence-corrected chi connectivity index (χ1v) is 14.0. The third kappa shape index (κ3) is 3.46. The topological polar surface area (TPSA) is 64.8 Å². The van der Waals surface area contributed by atoms with E-state index in [1.165, 1.54) is 5.57 Å². The van der Waals surface area contributed by atoms with Gasteiger partial charge in [-0.15, -0.1) is 0 Å². The summed E-state index contributed by atoms with van der Waals surface area (Å²) in [7, 11) is -2.25. The maximum absolute atomic E-state index is 13.9. The molecule has 4 aliphatic carbocycles. The van der Waals surface area contributed by atoms with Crippen LogP contribution in [0.15, 0.2) is 63.2 Å². The molecule has 35 heavy (non-hydrogen) atoms. The van der Waals surface area contributed by atoms with Crippen LogP contribution in [-0.4, -0.2) is 21.3 Å². The summed E-state index contributed by atoms with van der Waals surface area (Å²) >= 11 is 0. The van der Waals surface area contributed by atoms with E-state index in [4.69, 9.17) is 11.3 Å². The highest BCUT2D eigenvalue weighted by molar-refractivity contribution is 7.95. The second-order valence-electron chi connectivity index (χ2n) is 11.2. The van der Waals surface area contributed by atoms with Crippen LogP contribution < -0.4 is 0 Å². The van der Waals surface area contributed by atoms with Gasteiger partial charge in [0.2, 0.25) is 9.84 Å². The molecule has 5 atom stereocenters. The standard InChI is InChI=1S/C29H33NO4S/c1-18-6-9-21(10-7-18)35(32,33)27(30-4)24-13-12-23-22-11-8-19-16-20(34-5)14-15-28(19,2)26(22)25(31)17-29(23,24)3/h6-10,16,22-23,26H,11-15,17H2,1-3,5H3/b27-24-/t22-,23-,26+,28-,29-/m0/s1. The number of ether oxygens (including phenoxy) is 1. The molecule has 2 fully saturated rings. The molecule has 5 rings (SSSR count). The Morgan fingerprint density at radius 2 is 1.86 bits per heavy atom. The Morgan fingerprint density at radius 3 is 2.51 bits per heavy atom. The molecule has 0 aliphatic heterocycles. The minimum absolute atomic E-state index is 0.0697. The molecule has 0 bridgehead atoms. The average Bonchev–Trinajstić information content (AvgIpc) is 3.15. The third-order valence-corrected chi connectivity index (χ3v) is 11.2. The molecule has 0 amide bonds. The Bertz CT molecular complexity index is 1330. The summed E-state index contributed by atoms with van der Waals surface area (Å²) in [4.78, 5) is 17.6. The Kier molecular flexibility index (Phi) is 5.64. The van der Waals surface area contributed by atoms with Crippen molar-refractivity contribution in [2.24, 2.45) is 28.6 Å². The number of methoxy groups -OCH3 is 1. The van der Waals surface area contributed by atoms with E-state index >= 15 is 0 Å². The van der Waals surface area contributed by atoms with Gasteiger partial charge in [0.15, 0.2) is 0 Å². The second-order valence-corrected chi connectivity index (χ2v) is 13.1. The van der Waals surface area contributed by atoms with Crippen LogP contribution in [0, 0.1) is 42.1 Å². The number of Topliss-reactive ketones (excluding diaryl/α,β-unsaturated/α-hetero) is 1. The molecule has 0 N–H and O–H groups in total. The van der Waals surface area contributed by atoms with Gasteiger partial charge in [-0.25, -0.2) is 13.3 Å². The fraction of sp³-hybridized carbons (Fsp3) is 0.517. The molecule has 5 nitrogen and oxygen atoms in total. The van der Waals surface area contributed by atoms with Crippen molar-refractivity contribution in [1.29, 1.82) is 0 Å². The zero-order valence-corrected chi connectivity index (χ0v) is 21.7. The van der Waals surface area contributed by atoms with Gasteiger partial charge in [0.05, 0.1) is 24.3 Å². The van der Waals surface area contributed by atoms with Gasteiger partial charge in [-0.3, -0.25) is 4.79 Å². The molecule has 0 radical (unpaired) electrons. The highest BCUT2D eigenvalue weighted by Crippen LogP contribution is 2.65. The number of nitrogens with zero attached hydrogens (tertiary/aromatic N) is 1. The number of rotatable bonds is 3. The Balaban J connectivity index is 1.57. The normalized spacial score (nSPS) is 35.6. The lowest BCUT2D eigenvalue weighted by molar-refractivity contribution is -0.139. The van der Waals surface area contributed by atoms with E-state index in [-0.39, 0.29) is 38.9 Å². The number of hydrogen-bond donors (Lipinski definition) is 0. The fourth-order valence-corrected chi connectivity index (χ4v) is 9.08. The molecule has 0 unspecified atom stereocenters. The minimum atomic E-state index is -3.95. The van der Waals surface area contributed by atoms with Crippen LogP contribution >= 0.6 is 0 Å². The van der Waals surface area contributed by atoms with Gasteiger partial charge in [0.1, 0.15) is 5.78 Å². The number of benzene rings is 1. The number of aryl methyl sites for hydroxylation is 1. The first-order chi connectivity index (χ1) is 16.6. The first-order valence-electron chi connectivity index (χ1n) is 12.5. The number of hydrogen-bond acceptors (Lipinski definition) is 4. The Labute approximate surface area is 208 Å². The first kappa shape index (κ1) is 24.1. The summed E-state index contributed by atoms with van der Waals surface area (Å²) in [6.07, 6.45) is 8.59. The SMILES string of the molecule is [C-]#[N+]/C(=C1\CC[C@H]2[C@@H]3CC=C4C=C(OC)CC[C@]4(C)[C@H]3C(=O)C[C@]12C)S(=O)(=O)c1ccc(C)cc1. The smallest absolute Gasteiger partial charge is 0.282 e. The molecule has 1 aromatic carbocycles. The van der Waals surface area contributed by atoms with Crippen molar-refractivity contribution in [3.05, 3.63) is 75.3 Å². The molecule has 184 valence electrons. The lowest BCUT2D eigenvalue weighted by Gasteiger charge is -2.55. The average molecular weight is 492 g/mol. The predicted molar refractivity (Wildman–Crippen MR) is 135 cm³/mol. The van der Waals surface area contributed by atoms with Crippen LogP contribution in [0.4, 0.5) is 0 Å². The summed E-state index contributed by atoms with van der Waals surface area (Å²) in [6, 6.07) is 6.67. The molecule has 2 saturated carbocycles. The maximum Gasteiger partial charge on any atom is 0.282 e. The van der Waals surface area contributed by atoms with Crippen LogP contribution in [-0.2, 0) is 19.4 Å². The van der Waals surface area contributed by atoms with Gasteiger partial charge in [0, 0.05) is 24.2 Å². The van der Waals surface area contributed by atoms with Gasteiger partial charge in [0.25, 0.3) is 5.03 Å². The number of ketones is 1. The predicted octanol–water partition coefficient (Wildman–Crippen LogP) is 6.18. The molecule has 1 aromatic rings. The quantitative estimate of drug-likeness (QED) is 0.474. The third-order valence-electron chi connectivity index (χ3n) is 9.42. The van der Waals surface area contributed by atoms with Gasteiger partial charge < -0.3 is 4.74 Å². The summed E-state index contributed by atoms with van der Waals surface area (Å²) in [5.74, 6) is 1.47. The summed E-state index contributed by atoms with van der Waals surface area (Å²) in [5, 5.41) is -0.166. The molecule has 0 heterocycles. The van der Waals surface area contributed by atoms with Crippen LogP contribution in [0.1, 0.15) is 57.9 Å². The highest BCUT2D eigenvalue weighted by atomic mass is 32.2. The van der Waals surface area contributed by atoms with Crippen molar-refractivity contribution in [3.8, 4) is 0 Å². The monoisotopic (exact) mass is 491 g/mol. The molecule has 6 heteroatoms. The lowest BCUT2D eigenvalue weighted by Crippen LogP contribution is -2.53. The minimum Gasteiger partial charge on any atom is -0.501 e. The fourth-order valence-electron chi connectivity index (χ4n) is 7.58. The largest absolute Gasteiger partial charge is 0.501 e. The van der Waals surface area contributed by atoms with Crippen molar-refractivity contribution in [2.45, 2.75) is 64.2 Å². The lowest BCUT2D eigenvalue weighted by atomic mass is 9.48. The van der Waals surface area contributed by atoms with Crippen LogP contribution in [0.25, 0.3) is 4.85 Å². The summed E-state index contributed by atoms with van der Waals surface area (Å²) < 4.78 is 32.6. The zero-order valence-electron chi connectivity index (χ0n) is 20.9. The number of carbonyl (C=O) groups is 1. The van der Waals surface area contributed by atoms with Crippen LogP contribution in [0.2, 0.25) is 0 Å². The van der Waals surface area contributed by atoms with Crippen molar-refractivity contribution in [2.75, 3.05) is 7.11 Å². The van der Waals surface area contributed by atoms with E-state index in [9.17, 15) is 13.2 Å². The molecule has 0 spiro atoms. The van der Waals surface area contributed by atoms with Crippen LogP contribution in [0.3, 0.4) is 0 Å². The Morgan fingerprint density at radius 1 is 1.14 bits per heavy atom. The number of allylic oxidation sites excluding steroid dienone is 5. The molecular weight excluding hydrogens is 458 g/mol. The van der Waals surface area contributed by atoms with Crippen molar-refractivity contribution in [3.63, 3.8) is 0 Å². The van der Waals surface area contributed by atoms with Crippen molar-refractivity contribution in [1.82, 2.24) is 0 Å². The van der Waals surface area contributed by atoms with Gasteiger partial charge in [-0.1, -0.05) is 37.6 Å². The molecule has 0 saturated heterocycles. The van der Waals surface area contributed by atoms with Gasteiger partial charge in [-0.05, 0) is 79.2 Å². The number of fused-ring (bicyclic) bond motifs is 5. The van der Waals surface area contributed by atoms with E-state index in [0.717, 1.165) is 37.0 Å². The van der Waals surface area contributed by atoms with E-state index in [2.05, 4.69) is 23.9 Å². The number of carbonyl (C=O) groups excluding carboxylic acids is 1. The summed E-state index contributed by atoms with van der Waals surface area (Å²) in [6.45, 7) is 14.0. The Hall–Kier alpha value is -2.65. The van der Waals surface area contributed by atoms with Gasteiger partial charge >= 0.3 is 0 Å². The summed E-state index contributed by atoms with van der Waals surface area (Å²) in [5.41, 5.74) is 2.02. The van der Waals surface area contributed by atoms with Crippen molar-refractivity contribution >= 4 is 15.6 Å². The van der Waals surface area contributed by atoms with Crippen molar-refractivity contribution < 1.29 is 17.9 Å². The zero-order chi connectivity index (χ0) is 25.2. The number of sulfone groups is 1. The highest BCUT2D eigenvalue weighted by Gasteiger charge is 2.61. The van der Waals surface area contributed by atoms with Crippen LogP contribution in [0.5, 0.6) is 0 Å². The molecular formula is C29H33NO4S. The van der Waals surface area contributed by atoms with E-state index in [1.807, 2.05) is 13.8 Å². The second kappa shape index (κ2) is 8.20. The molecule has 4 aliphatic rings. The maximum atomic E-state index is 13.9. The van der Waals surface area contributed by atoms with E-state index < -0.39 is 15.3 Å². The van der Waals surface area contributed by atoms with Gasteiger partial charge in [-0.2, -0.15) is 0 Å².